The molecule has 2 nitrogen and oxygen atoms in total. The Labute approximate surface area is 61.1 Å². The van der Waals surface area contributed by atoms with E-state index in [-0.39, 0.29) is 5.75 Å². The van der Waals surface area contributed by atoms with Crippen molar-refractivity contribution in [1.29, 1.82) is 0 Å². The Hall–Kier alpha value is -1.12. The number of phenols is 1. The molecule has 0 aromatic heterocycles. The van der Waals surface area contributed by atoms with E-state index in [2.05, 4.69) is 0 Å². The number of anilines is 1. The third-order valence-electron chi connectivity index (χ3n) is 1.50. The minimum Gasteiger partial charge on any atom is -0.506 e. The van der Waals surface area contributed by atoms with E-state index in [4.69, 9.17) is 10.8 Å². The van der Waals surface area contributed by atoms with E-state index in [0.29, 0.717) is 5.69 Å². The predicted octanol–water partition coefficient (Wildman–Crippen LogP) is 0.108. The molecule has 1 rings (SSSR count). The number of nitrogen functional groups attached to an aromatic ring is 1. The van der Waals surface area contributed by atoms with Crippen LogP contribution in [0.3, 0.4) is 0 Å². The molecule has 3 N–H and O–H groups in total. The quantitative estimate of drug-likeness (QED) is 0.326. The van der Waals surface area contributed by atoms with Gasteiger partial charge in [0.1, 0.15) is 13.6 Å². The van der Waals surface area contributed by atoms with Gasteiger partial charge >= 0.3 is 0 Å². The van der Waals surface area contributed by atoms with Gasteiger partial charge in [-0.1, -0.05) is 17.9 Å². The van der Waals surface area contributed by atoms with Crippen LogP contribution in [0.4, 0.5) is 5.69 Å². The molecule has 0 fully saturated rings. The van der Waals surface area contributed by atoms with Crippen molar-refractivity contribution < 1.29 is 5.11 Å². The third kappa shape index (κ3) is 1.24. The van der Waals surface area contributed by atoms with E-state index in [1.807, 2.05) is 13.9 Å². The molecule has 0 aliphatic heterocycles. The normalized spacial score (nSPS) is 9.60. The number of phenolic OH excluding ortho intramolecular Hbond substituents is 1. The smallest absolute Gasteiger partial charge is 0.138 e. The molecule has 0 saturated carbocycles. The SMILES string of the molecule is BCc1ccc(N)c(O)c1. The van der Waals surface area contributed by atoms with Gasteiger partial charge < -0.3 is 10.8 Å². The molecule has 0 spiro atoms. The molecular weight excluding hydrogens is 125 g/mol. The second-order valence-electron chi connectivity index (χ2n) is 2.25. The molecule has 0 aliphatic rings. The van der Waals surface area contributed by atoms with Gasteiger partial charge in [-0.3, -0.25) is 0 Å². The molecule has 52 valence electrons. The second kappa shape index (κ2) is 2.65. The van der Waals surface area contributed by atoms with Crippen molar-refractivity contribution in [2.24, 2.45) is 0 Å². The van der Waals surface area contributed by atoms with Crippen LogP contribution in [-0.4, -0.2) is 13.0 Å². The van der Waals surface area contributed by atoms with Crippen LogP contribution in [0.2, 0.25) is 0 Å². The van der Waals surface area contributed by atoms with Crippen molar-refractivity contribution in [2.45, 2.75) is 6.32 Å². The lowest BCUT2D eigenvalue weighted by molar-refractivity contribution is 0.477. The van der Waals surface area contributed by atoms with Crippen molar-refractivity contribution in [1.82, 2.24) is 0 Å². The highest BCUT2D eigenvalue weighted by molar-refractivity contribution is 6.08. The Balaban J connectivity index is 3.04. The highest BCUT2D eigenvalue weighted by Crippen LogP contribution is 2.20. The molecule has 1 aromatic carbocycles. The van der Waals surface area contributed by atoms with Crippen molar-refractivity contribution in [3.63, 3.8) is 0 Å². The molecular formula is C7H10BNO. The summed E-state index contributed by atoms with van der Waals surface area (Å²) in [6.45, 7) is 0. The summed E-state index contributed by atoms with van der Waals surface area (Å²) in [5.41, 5.74) is 6.94. The molecule has 0 radical (unpaired) electrons. The van der Waals surface area contributed by atoms with Crippen molar-refractivity contribution in [3.8, 4) is 5.75 Å². The van der Waals surface area contributed by atoms with Gasteiger partial charge in [0.25, 0.3) is 0 Å². The van der Waals surface area contributed by atoms with Crippen LogP contribution in [0.5, 0.6) is 5.75 Å². The fraction of sp³-hybridized carbons (Fsp3) is 0.143. The molecule has 0 heterocycles. The lowest BCUT2D eigenvalue weighted by atomic mass is 9.97. The maximum atomic E-state index is 9.11. The van der Waals surface area contributed by atoms with Crippen molar-refractivity contribution in [2.75, 3.05) is 5.73 Å². The largest absolute Gasteiger partial charge is 0.506 e. The van der Waals surface area contributed by atoms with Crippen LogP contribution < -0.4 is 5.73 Å². The summed E-state index contributed by atoms with van der Waals surface area (Å²) < 4.78 is 0. The Morgan fingerprint density at radius 1 is 1.50 bits per heavy atom. The van der Waals surface area contributed by atoms with Gasteiger partial charge in [-0.2, -0.15) is 0 Å². The second-order valence-corrected chi connectivity index (χ2v) is 2.25. The summed E-state index contributed by atoms with van der Waals surface area (Å²) in [4.78, 5) is 0. The maximum Gasteiger partial charge on any atom is 0.138 e. The number of aromatic hydroxyl groups is 1. The van der Waals surface area contributed by atoms with Gasteiger partial charge in [-0.15, -0.1) is 0 Å². The van der Waals surface area contributed by atoms with E-state index < -0.39 is 0 Å². The van der Waals surface area contributed by atoms with E-state index in [9.17, 15) is 0 Å². The van der Waals surface area contributed by atoms with Crippen molar-refractivity contribution >= 4 is 13.5 Å². The molecule has 0 unspecified atom stereocenters. The van der Waals surface area contributed by atoms with Gasteiger partial charge in [-0.05, 0) is 12.1 Å². The topological polar surface area (TPSA) is 46.2 Å². The average Bonchev–Trinajstić information content (AvgIpc) is 1.95. The van der Waals surface area contributed by atoms with E-state index in [0.717, 1.165) is 11.9 Å². The monoisotopic (exact) mass is 135 g/mol. The van der Waals surface area contributed by atoms with Crippen LogP contribution >= 0.6 is 0 Å². The van der Waals surface area contributed by atoms with Crippen LogP contribution in [0.1, 0.15) is 5.56 Å². The van der Waals surface area contributed by atoms with Gasteiger partial charge in [0.05, 0.1) is 5.69 Å². The van der Waals surface area contributed by atoms with E-state index in [1.54, 1.807) is 12.1 Å². The number of hydrogen-bond donors (Lipinski definition) is 2. The molecule has 0 amide bonds. The lowest BCUT2D eigenvalue weighted by Gasteiger charge is -1.99. The van der Waals surface area contributed by atoms with Gasteiger partial charge in [-0.25, -0.2) is 0 Å². The minimum absolute atomic E-state index is 0.180. The first-order valence-electron chi connectivity index (χ1n) is 3.31. The first-order chi connectivity index (χ1) is 4.74. The molecule has 1 aromatic rings. The molecule has 0 atom stereocenters. The minimum atomic E-state index is 0.180. The number of rotatable bonds is 1. The fourth-order valence-corrected chi connectivity index (χ4v) is 0.809. The Morgan fingerprint density at radius 3 is 2.70 bits per heavy atom. The molecule has 10 heavy (non-hydrogen) atoms. The predicted molar refractivity (Wildman–Crippen MR) is 44.8 cm³/mol. The number of benzene rings is 1. The molecule has 3 heteroatoms. The van der Waals surface area contributed by atoms with E-state index in [1.165, 1.54) is 0 Å². The van der Waals surface area contributed by atoms with Crippen molar-refractivity contribution in [3.05, 3.63) is 23.8 Å². The Kier molecular flexibility index (Phi) is 1.85. The Morgan fingerprint density at radius 2 is 2.20 bits per heavy atom. The molecule has 0 saturated heterocycles. The average molecular weight is 135 g/mol. The fourth-order valence-electron chi connectivity index (χ4n) is 0.809. The summed E-state index contributed by atoms with van der Waals surface area (Å²) >= 11 is 0. The standard InChI is InChI=1S/C7H10BNO/c8-4-5-1-2-6(9)7(10)3-5/h1-3,10H,4,8-9H2. The van der Waals surface area contributed by atoms with Crippen LogP contribution in [0, 0.1) is 0 Å². The maximum absolute atomic E-state index is 9.11. The summed E-state index contributed by atoms with van der Waals surface area (Å²) in [5.74, 6) is 0.180. The lowest BCUT2D eigenvalue weighted by Crippen LogP contribution is -1.88. The van der Waals surface area contributed by atoms with Gasteiger partial charge in [0, 0.05) is 0 Å². The highest BCUT2D eigenvalue weighted by Gasteiger charge is 1.95. The number of nitrogens with two attached hydrogens (primary N) is 1. The highest BCUT2D eigenvalue weighted by atomic mass is 16.3. The first kappa shape index (κ1) is 7.00. The summed E-state index contributed by atoms with van der Waals surface area (Å²) in [6.07, 6.45) is 0.924. The first-order valence-corrected chi connectivity index (χ1v) is 3.31. The summed E-state index contributed by atoms with van der Waals surface area (Å²) in [7, 11) is 2.03. The van der Waals surface area contributed by atoms with Gasteiger partial charge in [0.2, 0.25) is 0 Å². The zero-order valence-corrected chi connectivity index (χ0v) is 5.96. The van der Waals surface area contributed by atoms with Crippen LogP contribution in [-0.2, 0) is 6.32 Å². The summed E-state index contributed by atoms with van der Waals surface area (Å²) in [6, 6.07) is 5.32. The van der Waals surface area contributed by atoms with Crippen LogP contribution in [0.15, 0.2) is 18.2 Å². The molecule has 0 bridgehead atoms. The zero-order valence-electron chi connectivity index (χ0n) is 5.96. The van der Waals surface area contributed by atoms with E-state index >= 15 is 0 Å². The van der Waals surface area contributed by atoms with Crippen LogP contribution in [0.25, 0.3) is 0 Å². The summed E-state index contributed by atoms with van der Waals surface area (Å²) in [5, 5.41) is 9.11. The zero-order chi connectivity index (χ0) is 7.56. The van der Waals surface area contributed by atoms with Gasteiger partial charge in [0.15, 0.2) is 0 Å². The molecule has 0 aliphatic carbocycles. The third-order valence-corrected chi connectivity index (χ3v) is 1.50. The number of hydrogen-bond acceptors (Lipinski definition) is 2. The Bertz CT molecular complexity index is 237.